The van der Waals surface area contributed by atoms with Gasteiger partial charge in [0.05, 0.1) is 18.8 Å². The number of rotatable bonds is 5. The van der Waals surface area contributed by atoms with E-state index in [4.69, 9.17) is 9.26 Å². The highest BCUT2D eigenvalue weighted by molar-refractivity contribution is 5.90. The van der Waals surface area contributed by atoms with Crippen LogP contribution in [0.15, 0.2) is 35.1 Å². The summed E-state index contributed by atoms with van der Waals surface area (Å²) in [4.78, 5) is 14.1. The van der Waals surface area contributed by atoms with Crippen LogP contribution in [0.25, 0.3) is 5.69 Å². The Hall–Kier alpha value is -3.43. The summed E-state index contributed by atoms with van der Waals surface area (Å²) in [6, 6.07) is 6.43. The maximum absolute atomic E-state index is 12.6. The molecule has 2 amide bonds. The highest BCUT2D eigenvalue weighted by Crippen LogP contribution is 2.25. The van der Waals surface area contributed by atoms with Gasteiger partial charge in [-0.25, -0.2) is 4.79 Å². The highest BCUT2D eigenvalue weighted by Gasteiger charge is 2.20. The van der Waals surface area contributed by atoms with Crippen molar-refractivity contribution in [2.24, 2.45) is 0 Å². The number of carbonyl (C=O) groups is 1. The van der Waals surface area contributed by atoms with Crippen molar-refractivity contribution in [3.63, 3.8) is 0 Å². The third-order valence-corrected chi connectivity index (χ3v) is 4.04. The number of carbonyl (C=O) groups excluding carboxylic acids is 1. The standard InChI is InChI=1S/C16H19N7O3/c1-10(15-5-6-26-19-15)22(3)16(24)17-12-7-13(9-14(8-12)25-4)23-11(2)18-20-21-23/h5-10H,1-4H3,(H,17,24)/t10-/m0/s1. The molecule has 0 saturated heterocycles. The molecule has 0 aliphatic carbocycles. The van der Waals surface area contributed by atoms with Gasteiger partial charge in [-0.05, 0) is 30.3 Å². The molecule has 0 radical (unpaired) electrons. The number of nitrogens with one attached hydrogen (secondary N) is 1. The van der Waals surface area contributed by atoms with Crippen molar-refractivity contribution in [3.05, 3.63) is 42.0 Å². The molecule has 2 aromatic heterocycles. The van der Waals surface area contributed by atoms with E-state index < -0.39 is 0 Å². The quantitative estimate of drug-likeness (QED) is 0.745. The number of urea groups is 1. The van der Waals surface area contributed by atoms with Crippen LogP contribution in [0, 0.1) is 6.92 Å². The molecule has 0 saturated carbocycles. The minimum Gasteiger partial charge on any atom is -0.497 e. The molecule has 1 atom stereocenters. The molecule has 1 N–H and O–H groups in total. The first-order valence-electron chi connectivity index (χ1n) is 7.88. The molecule has 0 unspecified atom stereocenters. The molecule has 3 aromatic rings. The van der Waals surface area contributed by atoms with Gasteiger partial charge in [-0.3, -0.25) is 0 Å². The Morgan fingerprint density at radius 2 is 2.19 bits per heavy atom. The van der Waals surface area contributed by atoms with Gasteiger partial charge in [0.2, 0.25) is 0 Å². The van der Waals surface area contributed by atoms with Gasteiger partial charge in [-0.15, -0.1) is 5.10 Å². The maximum atomic E-state index is 12.6. The first kappa shape index (κ1) is 17.4. The fourth-order valence-corrected chi connectivity index (χ4v) is 2.39. The predicted octanol–water partition coefficient (Wildman–Crippen LogP) is 2.19. The molecule has 10 heteroatoms. The van der Waals surface area contributed by atoms with Crippen LogP contribution in [-0.2, 0) is 0 Å². The van der Waals surface area contributed by atoms with Gasteiger partial charge in [-0.1, -0.05) is 5.16 Å². The summed E-state index contributed by atoms with van der Waals surface area (Å²) < 4.78 is 11.7. The number of benzene rings is 1. The van der Waals surface area contributed by atoms with Gasteiger partial charge >= 0.3 is 6.03 Å². The Balaban J connectivity index is 1.82. The van der Waals surface area contributed by atoms with Crippen LogP contribution in [0.2, 0.25) is 0 Å². The average Bonchev–Trinajstić information content (AvgIpc) is 3.31. The minimum absolute atomic E-state index is 0.249. The fourth-order valence-electron chi connectivity index (χ4n) is 2.39. The van der Waals surface area contributed by atoms with Crippen molar-refractivity contribution in [1.29, 1.82) is 0 Å². The smallest absolute Gasteiger partial charge is 0.322 e. The molecular formula is C16H19N7O3. The van der Waals surface area contributed by atoms with Gasteiger partial charge in [0.25, 0.3) is 0 Å². The zero-order valence-corrected chi connectivity index (χ0v) is 14.9. The molecule has 3 rings (SSSR count). The molecule has 0 spiro atoms. The lowest BCUT2D eigenvalue weighted by molar-refractivity contribution is 0.206. The fraction of sp³-hybridized carbons (Fsp3) is 0.312. The molecule has 0 aliphatic heterocycles. The average molecular weight is 357 g/mol. The summed E-state index contributed by atoms with van der Waals surface area (Å²) in [7, 11) is 3.23. The van der Waals surface area contributed by atoms with Crippen LogP contribution in [0.5, 0.6) is 5.75 Å². The molecule has 26 heavy (non-hydrogen) atoms. The Labute approximate surface area is 149 Å². The second kappa shape index (κ2) is 7.21. The Bertz CT molecular complexity index is 891. The van der Waals surface area contributed by atoms with E-state index in [1.54, 1.807) is 50.0 Å². The van der Waals surface area contributed by atoms with Crippen LogP contribution in [0.3, 0.4) is 0 Å². The van der Waals surface area contributed by atoms with Gasteiger partial charge in [-0.2, -0.15) is 4.68 Å². The predicted molar refractivity (Wildman–Crippen MR) is 92.1 cm³/mol. The maximum Gasteiger partial charge on any atom is 0.322 e. The molecule has 0 bridgehead atoms. The van der Waals surface area contributed by atoms with Crippen LogP contribution in [0.4, 0.5) is 10.5 Å². The highest BCUT2D eigenvalue weighted by atomic mass is 16.5. The van der Waals surface area contributed by atoms with Crippen molar-refractivity contribution in [2.45, 2.75) is 19.9 Å². The van der Waals surface area contributed by atoms with Gasteiger partial charge < -0.3 is 19.5 Å². The number of hydrogen-bond acceptors (Lipinski definition) is 7. The van der Waals surface area contributed by atoms with E-state index in [1.807, 2.05) is 6.92 Å². The van der Waals surface area contributed by atoms with E-state index in [-0.39, 0.29) is 12.1 Å². The number of anilines is 1. The van der Waals surface area contributed by atoms with E-state index in [0.29, 0.717) is 28.6 Å². The number of methoxy groups -OCH3 is 1. The summed E-state index contributed by atoms with van der Waals surface area (Å²) in [5.41, 5.74) is 1.89. The van der Waals surface area contributed by atoms with Crippen molar-refractivity contribution in [1.82, 2.24) is 30.3 Å². The molecular weight excluding hydrogens is 338 g/mol. The van der Waals surface area contributed by atoms with Gasteiger partial charge in [0, 0.05) is 30.9 Å². The zero-order chi connectivity index (χ0) is 18.7. The summed E-state index contributed by atoms with van der Waals surface area (Å²) in [5, 5.41) is 18.2. The SMILES string of the molecule is COc1cc(NC(=O)N(C)[C@@H](C)c2ccon2)cc(-n2nnnc2C)c1. The van der Waals surface area contributed by atoms with E-state index in [9.17, 15) is 4.79 Å². The lowest BCUT2D eigenvalue weighted by Crippen LogP contribution is -2.33. The minimum atomic E-state index is -0.298. The van der Waals surface area contributed by atoms with Gasteiger partial charge in [0.15, 0.2) is 5.82 Å². The summed E-state index contributed by atoms with van der Waals surface area (Å²) in [6.45, 7) is 3.64. The number of hydrogen-bond donors (Lipinski definition) is 1. The molecule has 0 fully saturated rings. The van der Waals surface area contributed by atoms with Gasteiger partial charge in [0.1, 0.15) is 17.7 Å². The number of aromatic nitrogens is 5. The Morgan fingerprint density at radius 1 is 1.38 bits per heavy atom. The first-order chi connectivity index (χ1) is 12.5. The summed E-state index contributed by atoms with van der Waals surface area (Å²) in [6.07, 6.45) is 1.47. The molecule has 0 aliphatic rings. The van der Waals surface area contributed by atoms with Crippen LogP contribution < -0.4 is 10.1 Å². The Kier molecular flexibility index (Phi) is 4.83. The number of ether oxygens (including phenoxy) is 1. The van der Waals surface area contributed by atoms with Crippen LogP contribution >= 0.6 is 0 Å². The van der Waals surface area contributed by atoms with E-state index >= 15 is 0 Å². The monoisotopic (exact) mass is 357 g/mol. The molecule has 136 valence electrons. The number of amides is 2. The second-order valence-electron chi connectivity index (χ2n) is 5.70. The second-order valence-corrected chi connectivity index (χ2v) is 5.70. The van der Waals surface area contributed by atoms with Crippen molar-refractivity contribution >= 4 is 11.7 Å². The van der Waals surface area contributed by atoms with Crippen LogP contribution in [-0.4, -0.2) is 50.5 Å². The summed E-state index contributed by atoms with van der Waals surface area (Å²) in [5.74, 6) is 1.19. The van der Waals surface area contributed by atoms with E-state index in [2.05, 4.69) is 26.0 Å². The lowest BCUT2D eigenvalue weighted by Gasteiger charge is -2.23. The van der Waals surface area contributed by atoms with Crippen molar-refractivity contribution in [2.75, 3.05) is 19.5 Å². The first-order valence-corrected chi connectivity index (χ1v) is 7.88. The number of nitrogens with zero attached hydrogens (tertiary/aromatic N) is 6. The number of aryl methyl sites for hydroxylation is 1. The van der Waals surface area contributed by atoms with Crippen molar-refractivity contribution in [3.8, 4) is 11.4 Å². The topological polar surface area (TPSA) is 111 Å². The zero-order valence-electron chi connectivity index (χ0n) is 14.9. The molecule has 2 heterocycles. The lowest BCUT2D eigenvalue weighted by atomic mass is 10.2. The van der Waals surface area contributed by atoms with Crippen molar-refractivity contribution < 1.29 is 14.1 Å². The van der Waals surface area contributed by atoms with E-state index in [0.717, 1.165) is 0 Å². The largest absolute Gasteiger partial charge is 0.497 e. The summed E-state index contributed by atoms with van der Waals surface area (Å²) >= 11 is 0. The third kappa shape index (κ3) is 3.48. The van der Waals surface area contributed by atoms with Crippen LogP contribution in [0.1, 0.15) is 24.5 Å². The number of tetrazole rings is 1. The third-order valence-electron chi connectivity index (χ3n) is 4.04. The normalized spacial score (nSPS) is 11.8. The Morgan fingerprint density at radius 3 is 2.81 bits per heavy atom. The molecule has 1 aromatic carbocycles. The molecule has 10 nitrogen and oxygen atoms in total. The van der Waals surface area contributed by atoms with E-state index in [1.165, 1.54) is 11.2 Å².